The van der Waals surface area contributed by atoms with Gasteiger partial charge in [0.1, 0.15) is 17.2 Å². The molecule has 11 heteroatoms. The molecule has 0 heterocycles. The predicted octanol–water partition coefficient (Wildman–Crippen LogP) is 9.49. The lowest BCUT2D eigenvalue weighted by atomic mass is 10.3. The van der Waals surface area contributed by atoms with Crippen LogP contribution in [0.5, 0.6) is 17.2 Å². The van der Waals surface area contributed by atoms with Crippen LogP contribution in [0.2, 0.25) is 0 Å². The molecular formula is C27H37N2O6P3. The van der Waals surface area contributed by atoms with Crippen molar-refractivity contribution >= 4 is 24.7 Å². The van der Waals surface area contributed by atoms with Gasteiger partial charge in [-0.25, -0.2) is 0 Å². The molecule has 0 spiro atoms. The topological polar surface area (TPSA) is 79.8 Å². The fourth-order valence-electron chi connectivity index (χ4n) is 2.88. The summed E-state index contributed by atoms with van der Waals surface area (Å²) in [6.07, 6.45) is -0.534. The van der Waals surface area contributed by atoms with Gasteiger partial charge in [0.15, 0.2) is 0 Å². The smallest absolute Gasteiger partial charge is 0.378 e. The van der Waals surface area contributed by atoms with E-state index in [-0.39, 0.29) is 18.3 Å². The number of benzene rings is 3. The van der Waals surface area contributed by atoms with E-state index in [4.69, 9.17) is 31.7 Å². The predicted molar refractivity (Wildman–Crippen MR) is 156 cm³/mol. The Labute approximate surface area is 229 Å². The van der Waals surface area contributed by atoms with Gasteiger partial charge in [0, 0.05) is 0 Å². The molecule has 3 atom stereocenters. The summed E-state index contributed by atoms with van der Waals surface area (Å²) in [6.45, 7) is 11.6. The van der Waals surface area contributed by atoms with Crippen molar-refractivity contribution in [1.82, 2.24) is 4.86 Å². The second-order valence-electron chi connectivity index (χ2n) is 8.88. The molecule has 0 bridgehead atoms. The van der Waals surface area contributed by atoms with E-state index in [1.54, 1.807) is 0 Å². The molecule has 0 saturated heterocycles. The minimum atomic E-state index is -3.34. The highest BCUT2D eigenvalue weighted by atomic mass is 31.3. The molecule has 0 amide bonds. The Morgan fingerprint density at radius 2 is 1.08 bits per heavy atom. The van der Waals surface area contributed by atoms with Crippen LogP contribution in [-0.4, -0.2) is 18.3 Å². The molecule has 3 aromatic carbocycles. The molecule has 0 saturated carbocycles. The molecule has 1 N–H and O–H groups in total. The van der Waals surface area contributed by atoms with Crippen LogP contribution in [-0.2, 0) is 13.6 Å². The Morgan fingerprint density at radius 1 is 0.605 bits per heavy atom. The molecule has 206 valence electrons. The van der Waals surface area contributed by atoms with E-state index in [0.717, 1.165) is 0 Å². The van der Waals surface area contributed by atoms with Crippen molar-refractivity contribution in [3.63, 3.8) is 0 Å². The van der Waals surface area contributed by atoms with Crippen molar-refractivity contribution in [3.05, 3.63) is 91.0 Å². The normalized spacial score (nSPS) is 14.7. The van der Waals surface area contributed by atoms with Crippen molar-refractivity contribution < 1.29 is 27.1 Å². The highest BCUT2D eigenvalue weighted by molar-refractivity contribution is 7.70. The lowest BCUT2D eigenvalue weighted by molar-refractivity contribution is 0.222. The van der Waals surface area contributed by atoms with Gasteiger partial charge < -0.3 is 22.6 Å². The first-order chi connectivity index (χ1) is 18.2. The van der Waals surface area contributed by atoms with E-state index in [0.29, 0.717) is 17.2 Å². The van der Waals surface area contributed by atoms with Gasteiger partial charge in [-0.1, -0.05) is 54.6 Å². The van der Waals surface area contributed by atoms with E-state index in [1.165, 1.54) is 0 Å². The zero-order valence-corrected chi connectivity index (χ0v) is 25.3. The molecule has 38 heavy (non-hydrogen) atoms. The highest BCUT2D eigenvalue weighted by Gasteiger charge is 2.36. The molecule has 0 fully saturated rings. The van der Waals surface area contributed by atoms with Crippen molar-refractivity contribution in [2.24, 2.45) is 4.52 Å². The van der Waals surface area contributed by atoms with Crippen LogP contribution in [0.25, 0.3) is 0 Å². The Hall–Kier alpha value is -2.01. The molecule has 3 unspecified atom stereocenters. The first kappa shape index (κ1) is 30.5. The van der Waals surface area contributed by atoms with E-state index in [9.17, 15) is 0 Å². The zero-order valence-electron chi connectivity index (χ0n) is 22.6. The van der Waals surface area contributed by atoms with Gasteiger partial charge in [-0.2, -0.15) is 0 Å². The van der Waals surface area contributed by atoms with E-state index in [1.807, 2.05) is 133 Å². The minimum absolute atomic E-state index is 0.135. The van der Waals surface area contributed by atoms with Crippen LogP contribution in [0.3, 0.4) is 0 Å². The summed E-state index contributed by atoms with van der Waals surface area (Å²) in [5, 5.41) is 0. The summed E-state index contributed by atoms with van der Waals surface area (Å²) in [4.78, 5) is 3.39. The number of nitrogens with one attached hydrogen (secondary N) is 1. The summed E-state index contributed by atoms with van der Waals surface area (Å²) < 4.78 is 42.8. The quantitative estimate of drug-likeness (QED) is 0.180. The molecule has 0 aliphatic carbocycles. The van der Waals surface area contributed by atoms with E-state index < -0.39 is 24.7 Å². The van der Waals surface area contributed by atoms with E-state index >= 15 is 0 Å². The van der Waals surface area contributed by atoms with Crippen molar-refractivity contribution in [1.29, 1.82) is 0 Å². The molecule has 0 radical (unpaired) electrons. The third kappa shape index (κ3) is 11.0. The SMILES string of the molecule is CC(C)OP(N=P(NP(Oc1ccccc1)OC(C)C)(Oc1ccccc1)OC(C)C)Oc1ccccc1. The van der Waals surface area contributed by atoms with Gasteiger partial charge in [-0.3, -0.25) is 4.52 Å². The van der Waals surface area contributed by atoms with Gasteiger partial charge in [-0.05, 0) is 77.9 Å². The van der Waals surface area contributed by atoms with Crippen LogP contribution < -0.4 is 18.4 Å². The third-order valence-corrected chi connectivity index (χ3v) is 10.5. The summed E-state index contributed by atoms with van der Waals surface area (Å²) in [6, 6.07) is 28.3. The van der Waals surface area contributed by atoms with E-state index in [2.05, 4.69) is 4.86 Å². The van der Waals surface area contributed by atoms with Crippen LogP contribution >= 0.6 is 24.7 Å². The van der Waals surface area contributed by atoms with Gasteiger partial charge in [0.2, 0.25) is 0 Å². The average molecular weight is 579 g/mol. The molecule has 3 aromatic rings. The summed E-state index contributed by atoms with van der Waals surface area (Å²) >= 11 is 0. The Bertz CT molecular complexity index is 1120. The number of hydrogen-bond donors (Lipinski definition) is 1. The molecule has 0 aromatic heterocycles. The number of nitrogens with zero attached hydrogens (tertiary/aromatic N) is 1. The minimum Gasteiger partial charge on any atom is -0.436 e. The lowest BCUT2D eigenvalue weighted by Gasteiger charge is -2.31. The molecule has 3 rings (SSSR count). The molecular weight excluding hydrogens is 541 g/mol. The average Bonchev–Trinajstić information content (AvgIpc) is 2.84. The summed E-state index contributed by atoms with van der Waals surface area (Å²) in [5.41, 5.74) is 0. The fraction of sp³-hybridized carbons (Fsp3) is 0.333. The number of rotatable bonds is 15. The number of hydrogen-bond acceptors (Lipinski definition) is 7. The Kier molecular flexibility index (Phi) is 12.5. The monoisotopic (exact) mass is 578 g/mol. The Morgan fingerprint density at radius 3 is 1.55 bits per heavy atom. The highest BCUT2D eigenvalue weighted by Crippen LogP contribution is 2.62. The standard InChI is InChI=1S/C27H37N2O6P3/c1-22(2)30-36(32-25-16-10-7-11-17-25)28-38(34-24(5)6,35-27-20-14-9-15-21-27)29-37(31-23(3)4)33-26-18-12-8-13-19-26/h7-24,28H,1-6H3. The zero-order chi connectivity index (χ0) is 27.4. The molecule has 0 aliphatic heterocycles. The Balaban J connectivity index is 2.09. The van der Waals surface area contributed by atoms with Crippen molar-refractivity contribution in [3.8, 4) is 17.2 Å². The maximum atomic E-state index is 6.54. The second-order valence-corrected chi connectivity index (χ2v) is 13.6. The maximum Gasteiger partial charge on any atom is 0.378 e. The first-order valence-corrected chi connectivity index (χ1v) is 16.3. The fourth-order valence-corrected chi connectivity index (χ4v) is 8.80. The van der Waals surface area contributed by atoms with Gasteiger partial charge in [0.05, 0.1) is 18.3 Å². The second kappa shape index (κ2) is 15.5. The van der Waals surface area contributed by atoms with Crippen molar-refractivity contribution in [2.75, 3.05) is 0 Å². The van der Waals surface area contributed by atoms with Gasteiger partial charge in [-0.15, -0.1) is 9.37 Å². The first-order valence-electron chi connectivity index (χ1n) is 12.5. The van der Waals surface area contributed by atoms with Gasteiger partial charge >= 0.3 is 24.7 Å². The van der Waals surface area contributed by atoms with Crippen LogP contribution in [0, 0.1) is 0 Å². The third-order valence-electron chi connectivity index (χ3n) is 4.19. The van der Waals surface area contributed by atoms with Gasteiger partial charge in [0.25, 0.3) is 0 Å². The maximum absolute atomic E-state index is 6.54. The van der Waals surface area contributed by atoms with Crippen LogP contribution in [0.1, 0.15) is 41.5 Å². The summed E-state index contributed by atoms with van der Waals surface area (Å²) in [5.74, 6) is 1.86. The molecule has 8 nitrogen and oxygen atoms in total. The van der Waals surface area contributed by atoms with Crippen LogP contribution in [0.15, 0.2) is 95.5 Å². The lowest BCUT2D eigenvalue weighted by Crippen LogP contribution is -2.20. The largest absolute Gasteiger partial charge is 0.436 e. The van der Waals surface area contributed by atoms with Crippen molar-refractivity contribution in [2.45, 2.75) is 59.9 Å². The number of para-hydroxylation sites is 3. The molecule has 0 aliphatic rings. The summed E-state index contributed by atoms with van der Waals surface area (Å²) in [7, 11) is -6.93. The van der Waals surface area contributed by atoms with Crippen LogP contribution in [0.4, 0.5) is 0 Å².